The number of pyridine rings is 1. The molecule has 3 aromatic heterocycles. The quantitative estimate of drug-likeness (QED) is 0.291. The lowest BCUT2D eigenvalue weighted by Crippen LogP contribution is -2.07. The van der Waals surface area contributed by atoms with E-state index in [9.17, 15) is 4.79 Å². The number of carbonyl (C=O) groups is 1. The molecule has 0 aliphatic heterocycles. The Labute approximate surface area is 177 Å². The fraction of sp³-hybridized carbons (Fsp3) is 0.227. The summed E-state index contributed by atoms with van der Waals surface area (Å²) in [6.07, 6.45) is 2.03. The van der Waals surface area contributed by atoms with Gasteiger partial charge in [-0.1, -0.05) is 17.3 Å². The number of carbonyl (C=O) groups excluding carboxylic acids is 1. The summed E-state index contributed by atoms with van der Waals surface area (Å²) in [6.45, 7) is 6.09. The van der Waals surface area contributed by atoms with Crippen LogP contribution in [0, 0.1) is 20.8 Å². The van der Waals surface area contributed by atoms with Gasteiger partial charge in [-0.25, -0.2) is 9.78 Å². The molecule has 0 bridgehead atoms. The summed E-state index contributed by atoms with van der Waals surface area (Å²) in [4.78, 5) is 21.0. The third-order valence-corrected chi connectivity index (χ3v) is 6.39. The molecule has 0 atom stereocenters. The lowest BCUT2D eigenvalue weighted by molar-refractivity contribution is 0.0475. The van der Waals surface area contributed by atoms with E-state index >= 15 is 0 Å². The summed E-state index contributed by atoms with van der Waals surface area (Å²) in [5, 5.41) is 4.59. The highest BCUT2D eigenvalue weighted by Gasteiger charge is 2.21. The van der Waals surface area contributed by atoms with E-state index in [1.165, 1.54) is 9.77 Å². The smallest absolute Gasteiger partial charge is 0.339 e. The van der Waals surface area contributed by atoms with E-state index in [0.29, 0.717) is 28.1 Å². The maximum atomic E-state index is 13.0. The number of aromatic nitrogens is 2. The van der Waals surface area contributed by atoms with Crippen LogP contribution in [-0.4, -0.2) is 22.4 Å². The minimum Gasteiger partial charge on any atom is -0.457 e. The van der Waals surface area contributed by atoms with Crippen molar-refractivity contribution in [1.29, 1.82) is 0 Å². The maximum Gasteiger partial charge on any atom is 0.339 e. The summed E-state index contributed by atoms with van der Waals surface area (Å²) >= 11 is 3.37. The van der Waals surface area contributed by atoms with Crippen LogP contribution in [0.15, 0.2) is 45.8 Å². The van der Waals surface area contributed by atoms with Gasteiger partial charge in [0.1, 0.15) is 6.61 Å². The summed E-state index contributed by atoms with van der Waals surface area (Å²) < 4.78 is 11.0. The van der Waals surface area contributed by atoms with Gasteiger partial charge in [-0.15, -0.1) is 23.1 Å². The second kappa shape index (κ2) is 8.00. The molecule has 0 amide bonds. The molecule has 0 fully saturated rings. The predicted octanol–water partition coefficient (Wildman–Crippen LogP) is 5.96. The molecule has 0 unspecified atom stereocenters. The average molecular weight is 425 g/mol. The molecule has 0 aliphatic carbocycles. The van der Waals surface area contributed by atoms with Gasteiger partial charge in [0.15, 0.2) is 0 Å². The molecule has 29 heavy (non-hydrogen) atoms. The molecule has 4 aromatic rings. The first-order chi connectivity index (χ1) is 14.0. The van der Waals surface area contributed by atoms with Gasteiger partial charge in [-0.3, -0.25) is 0 Å². The molecule has 0 radical (unpaired) electrons. The Bertz CT molecular complexity index is 1190. The Morgan fingerprint density at radius 1 is 1.17 bits per heavy atom. The molecule has 1 aromatic carbocycles. The average Bonchev–Trinajstić information content (AvgIpc) is 3.27. The van der Waals surface area contributed by atoms with Gasteiger partial charge < -0.3 is 9.26 Å². The maximum absolute atomic E-state index is 13.0. The standard InChI is InChI=1S/C22H20N2O3S2/c1-12-9-17(14(3)29-12)19-10-18(20-13(2)24-27-21(20)23-19)22(25)26-11-15-5-7-16(28-4)8-6-15/h5-10H,11H2,1-4H3. The molecule has 5 nitrogen and oxygen atoms in total. The molecule has 3 heterocycles. The van der Waals surface area contributed by atoms with Crippen molar-refractivity contribution in [2.45, 2.75) is 32.3 Å². The van der Waals surface area contributed by atoms with Crippen molar-refractivity contribution >= 4 is 40.2 Å². The van der Waals surface area contributed by atoms with Crippen LogP contribution in [0.1, 0.15) is 31.4 Å². The number of aryl methyl sites for hydroxylation is 3. The third-order valence-electron chi connectivity index (χ3n) is 4.68. The van der Waals surface area contributed by atoms with Gasteiger partial charge in [0.05, 0.1) is 22.3 Å². The fourth-order valence-corrected chi connectivity index (χ4v) is 4.57. The molecule has 0 saturated carbocycles. The zero-order chi connectivity index (χ0) is 20.5. The Morgan fingerprint density at radius 2 is 1.93 bits per heavy atom. The third kappa shape index (κ3) is 3.93. The molecular weight excluding hydrogens is 404 g/mol. The zero-order valence-corrected chi connectivity index (χ0v) is 18.2. The van der Waals surface area contributed by atoms with E-state index < -0.39 is 5.97 Å². The van der Waals surface area contributed by atoms with Gasteiger partial charge in [-0.05, 0) is 56.9 Å². The highest BCUT2D eigenvalue weighted by Crippen LogP contribution is 2.33. The van der Waals surface area contributed by atoms with Crippen LogP contribution >= 0.6 is 23.1 Å². The number of rotatable bonds is 5. The topological polar surface area (TPSA) is 65.2 Å². The minimum absolute atomic E-state index is 0.202. The molecule has 7 heteroatoms. The molecule has 0 N–H and O–H groups in total. The lowest BCUT2D eigenvalue weighted by Gasteiger charge is -2.08. The number of fused-ring (bicyclic) bond motifs is 1. The number of esters is 1. The first kappa shape index (κ1) is 19.7. The first-order valence-corrected chi connectivity index (χ1v) is 11.1. The summed E-state index contributed by atoms with van der Waals surface area (Å²) in [5.41, 5.74) is 4.01. The second-order valence-corrected chi connectivity index (χ2v) is 9.09. The van der Waals surface area contributed by atoms with Crippen molar-refractivity contribution in [3.63, 3.8) is 0 Å². The fourth-order valence-electron chi connectivity index (χ4n) is 3.23. The number of ether oxygens (including phenoxy) is 1. The van der Waals surface area contributed by atoms with Crippen molar-refractivity contribution < 1.29 is 14.1 Å². The van der Waals surface area contributed by atoms with Gasteiger partial charge >= 0.3 is 5.97 Å². The number of thioether (sulfide) groups is 1. The molecule has 4 rings (SSSR count). The number of hydrogen-bond donors (Lipinski definition) is 0. The van der Waals surface area contributed by atoms with Gasteiger partial charge in [0.2, 0.25) is 0 Å². The Hall–Kier alpha value is -2.64. The number of thiophene rings is 1. The minimum atomic E-state index is -0.413. The highest BCUT2D eigenvalue weighted by atomic mass is 32.2. The van der Waals surface area contributed by atoms with Crippen molar-refractivity contribution in [2.75, 3.05) is 6.26 Å². The summed E-state index contributed by atoms with van der Waals surface area (Å²) in [7, 11) is 0. The Balaban J connectivity index is 1.68. The van der Waals surface area contributed by atoms with Crippen LogP contribution in [-0.2, 0) is 11.3 Å². The SMILES string of the molecule is CSc1ccc(COC(=O)c2cc(-c3cc(C)sc3C)nc3onc(C)c23)cc1. The van der Waals surface area contributed by atoms with E-state index in [4.69, 9.17) is 9.26 Å². The predicted molar refractivity (Wildman–Crippen MR) is 117 cm³/mol. The van der Waals surface area contributed by atoms with Crippen LogP contribution in [0.3, 0.4) is 0 Å². The molecule has 0 spiro atoms. The zero-order valence-electron chi connectivity index (χ0n) is 16.6. The van der Waals surface area contributed by atoms with Crippen LogP contribution in [0.4, 0.5) is 0 Å². The van der Waals surface area contributed by atoms with E-state index in [1.54, 1.807) is 36.1 Å². The first-order valence-electron chi connectivity index (χ1n) is 9.10. The number of nitrogens with zero attached hydrogens (tertiary/aromatic N) is 2. The molecular formula is C22H20N2O3S2. The monoisotopic (exact) mass is 424 g/mol. The van der Waals surface area contributed by atoms with Crippen LogP contribution in [0.5, 0.6) is 0 Å². The van der Waals surface area contributed by atoms with Crippen molar-refractivity contribution in [1.82, 2.24) is 10.1 Å². The van der Waals surface area contributed by atoms with E-state index in [2.05, 4.69) is 23.1 Å². The van der Waals surface area contributed by atoms with Crippen molar-refractivity contribution in [3.05, 3.63) is 63.0 Å². The van der Waals surface area contributed by atoms with Crippen molar-refractivity contribution in [2.24, 2.45) is 0 Å². The van der Waals surface area contributed by atoms with Crippen LogP contribution in [0.2, 0.25) is 0 Å². The van der Waals surface area contributed by atoms with Gasteiger partial charge in [0, 0.05) is 20.2 Å². The second-order valence-electron chi connectivity index (χ2n) is 6.75. The molecule has 0 saturated heterocycles. The van der Waals surface area contributed by atoms with Crippen molar-refractivity contribution in [3.8, 4) is 11.3 Å². The van der Waals surface area contributed by atoms with E-state index in [-0.39, 0.29) is 6.61 Å². The number of benzene rings is 1. The number of hydrogen-bond acceptors (Lipinski definition) is 7. The molecule has 0 aliphatic rings. The van der Waals surface area contributed by atoms with Gasteiger partial charge in [0.25, 0.3) is 5.71 Å². The summed E-state index contributed by atoms with van der Waals surface area (Å²) in [5.74, 6) is -0.413. The Kier molecular flexibility index (Phi) is 5.43. The van der Waals surface area contributed by atoms with Crippen LogP contribution in [0.25, 0.3) is 22.4 Å². The molecule has 148 valence electrons. The van der Waals surface area contributed by atoms with E-state index in [0.717, 1.165) is 16.0 Å². The van der Waals surface area contributed by atoms with Crippen LogP contribution < -0.4 is 0 Å². The normalized spacial score (nSPS) is 11.2. The van der Waals surface area contributed by atoms with E-state index in [1.807, 2.05) is 37.4 Å². The lowest BCUT2D eigenvalue weighted by atomic mass is 10.1. The Morgan fingerprint density at radius 3 is 2.59 bits per heavy atom. The largest absolute Gasteiger partial charge is 0.457 e. The van der Waals surface area contributed by atoms with Gasteiger partial charge in [-0.2, -0.15) is 0 Å². The highest BCUT2D eigenvalue weighted by molar-refractivity contribution is 7.98. The summed E-state index contributed by atoms with van der Waals surface area (Å²) in [6, 6.07) is 11.8.